The molecule has 19 heavy (non-hydrogen) atoms. The number of hydrogen-bond acceptors (Lipinski definition) is 3. The third-order valence-electron chi connectivity index (χ3n) is 3.05. The summed E-state index contributed by atoms with van der Waals surface area (Å²) in [4.78, 5) is 0. The lowest BCUT2D eigenvalue weighted by molar-refractivity contribution is 0.186. The van der Waals surface area contributed by atoms with Crippen LogP contribution < -0.4 is 5.32 Å². The zero-order valence-electron chi connectivity index (χ0n) is 11.0. The number of rotatable bonds is 6. The number of anilines is 1. The van der Waals surface area contributed by atoms with Gasteiger partial charge in [0.15, 0.2) is 0 Å². The van der Waals surface area contributed by atoms with Crippen molar-refractivity contribution < 1.29 is 9.84 Å². The van der Waals surface area contributed by atoms with E-state index in [1.54, 1.807) is 7.11 Å². The molecule has 0 spiro atoms. The summed E-state index contributed by atoms with van der Waals surface area (Å²) in [6.45, 7) is 0.599. The van der Waals surface area contributed by atoms with Gasteiger partial charge < -0.3 is 15.2 Å². The van der Waals surface area contributed by atoms with Crippen LogP contribution in [0.2, 0.25) is 0 Å². The van der Waals surface area contributed by atoms with Gasteiger partial charge in [0, 0.05) is 18.4 Å². The number of aliphatic hydroxyl groups excluding tert-OH is 1. The standard InChI is InChI=1S/C16H19NO2/c1-19-12-16(13-7-3-2-4-8-13)17-15-10-6-5-9-14(15)11-18/h2-10,16-18H,11-12H2,1H3. The maximum atomic E-state index is 9.36. The van der Waals surface area contributed by atoms with Crippen molar-refractivity contribution in [2.75, 3.05) is 19.0 Å². The summed E-state index contributed by atoms with van der Waals surface area (Å²) < 4.78 is 5.28. The van der Waals surface area contributed by atoms with Crippen molar-refractivity contribution in [3.63, 3.8) is 0 Å². The second-order valence-electron chi connectivity index (χ2n) is 4.38. The van der Waals surface area contributed by atoms with E-state index in [4.69, 9.17) is 4.74 Å². The molecule has 0 saturated carbocycles. The highest BCUT2D eigenvalue weighted by molar-refractivity contribution is 5.52. The molecule has 2 aromatic carbocycles. The average molecular weight is 257 g/mol. The summed E-state index contributed by atoms with van der Waals surface area (Å²) in [5.74, 6) is 0. The first-order chi connectivity index (χ1) is 9.35. The van der Waals surface area contributed by atoms with Crippen LogP contribution in [0.1, 0.15) is 17.2 Å². The SMILES string of the molecule is COCC(Nc1ccccc1CO)c1ccccc1. The number of hydrogen-bond donors (Lipinski definition) is 2. The summed E-state index contributed by atoms with van der Waals surface area (Å²) in [5, 5.41) is 12.8. The molecule has 0 fully saturated rings. The minimum absolute atomic E-state index is 0.0255. The number of nitrogens with one attached hydrogen (secondary N) is 1. The van der Waals surface area contributed by atoms with Gasteiger partial charge in [-0.05, 0) is 11.6 Å². The molecule has 0 aliphatic carbocycles. The second-order valence-corrected chi connectivity index (χ2v) is 4.38. The van der Waals surface area contributed by atoms with Gasteiger partial charge >= 0.3 is 0 Å². The van der Waals surface area contributed by atoms with Crippen molar-refractivity contribution in [3.05, 3.63) is 65.7 Å². The second kappa shape index (κ2) is 6.92. The molecule has 100 valence electrons. The van der Waals surface area contributed by atoms with Gasteiger partial charge in [-0.1, -0.05) is 48.5 Å². The first-order valence-electron chi connectivity index (χ1n) is 6.34. The summed E-state index contributed by atoms with van der Waals surface area (Å²) >= 11 is 0. The summed E-state index contributed by atoms with van der Waals surface area (Å²) in [6, 6.07) is 18.0. The van der Waals surface area contributed by atoms with Crippen molar-refractivity contribution in [1.29, 1.82) is 0 Å². The first-order valence-corrected chi connectivity index (χ1v) is 6.34. The van der Waals surface area contributed by atoms with Crippen LogP contribution in [0.5, 0.6) is 0 Å². The summed E-state index contributed by atoms with van der Waals surface area (Å²) in [5.41, 5.74) is 2.99. The fourth-order valence-corrected chi connectivity index (χ4v) is 2.06. The van der Waals surface area contributed by atoms with Crippen LogP contribution >= 0.6 is 0 Å². The Morgan fingerprint density at radius 1 is 1.05 bits per heavy atom. The van der Waals surface area contributed by atoms with Crippen molar-refractivity contribution in [1.82, 2.24) is 0 Å². The van der Waals surface area contributed by atoms with Gasteiger partial charge in [0.1, 0.15) is 0 Å². The fourth-order valence-electron chi connectivity index (χ4n) is 2.06. The molecule has 0 bridgehead atoms. The zero-order chi connectivity index (χ0) is 13.5. The maximum absolute atomic E-state index is 9.36. The van der Waals surface area contributed by atoms with Gasteiger partial charge in [0.05, 0.1) is 19.3 Å². The Kier molecular flexibility index (Phi) is 4.95. The summed E-state index contributed by atoms with van der Waals surface area (Å²) in [7, 11) is 1.69. The van der Waals surface area contributed by atoms with Crippen molar-refractivity contribution >= 4 is 5.69 Å². The number of benzene rings is 2. The minimum atomic E-state index is 0.0255. The molecule has 0 aromatic heterocycles. The van der Waals surface area contributed by atoms with Gasteiger partial charge in [-0.25, -0.2) is 0 Å². The highest BCUT2D eigenvalue weighted by atomic mass is 16.5. The molecule has 0 aliphatic heterocycles. The van der Waals surface area contributed by atoms with E-state index >= 15 is 0 Å². The van der Waals surface area contributed by atoms with Crippen molar-refractivity contribution in [3.8, 4) is 0 Å². The fraction of sp³-hybridized carbons (Fsp3) is 0.250. The quantitative estimate of drug-likeness (QED) is 0.836. The van der Waals surface area contributed by atoms with Crippen molar-refractivity contribution in [2.24, 2.45) is 0 Å². The molecule has 0 saturated heterocycles. The van der Waals surface area contributed by atoms with E-state index in [0.29, 0.717) is 6.61 Å². The predicted octanol–water partition coefficient (Wildman–Crippen LogP) is 2.98. The topological polar surface area (TPSA) is 41.5 Å². The van der Waals surface area contributed by atoms with Gasteiger partial charge in [-0.15, -0.1) is 0 Å². The van der Waals surface area contributed by atoms with E-state index in [1.165, 1.54) is 0 Å². The Labute approximate surface area is 113 Å². The molecule has 1 unspecified atom stereocenters. The molecule has 0 amide bonds. The lowest BCUT2D eigenvalue weighted by Crippen LogP contribution is -2.17. The molecular formula is C16H19NO2. The smallest absolute Gasteiger partial charge is 0.0747 e. The molecule has 1 atom stereocenters. The summed E-state index contributed by atoms with van der Waals surface area (Å²) in [6.07, 6.45) is 0. The van der Waals surface area contributed by atoms with Crippen LogP contribution in [-0.2, 0) is 11.3 Å². The molecule has 3 nitrogen and oxygen atoms in total. The average Bonchev–Trinajstić information content (AvgIpc) is 2.48. The Morgan fingerprint density at radius 2 is 1.74 bits per heavy atom. The molecule has 2 N–H and O–H groups in total. The first kappa shape index (κ1) is 13.6. The molecule has 2 aromatic rings. The van der Waals surface area contributed by atoms with Crippen LogP contribution in [0.3, 0.4) is 0 Å². The Bertz CT molecular complexity index is 499. The third-order valence-corrected chi connectivity index (χ3v) is 3.05. The number of aliphatic hydroxyl groups is 1. The highest BCUT2D eigenvalue weighted by Crippen LogP contribution is 2.23. The van der Waals surface area contributed by atoms with Crippen LogP contribution in [0.15, 0.2) is 54.6 Å². The minimum Gasteiger partial charge on any atom is -0.392 e. The van der Waals surface area contributed by atoms with Crippen LogP contribution in [0.25, 0.3) is 0 Å². The van der Waals surface area contributed by atoms with E-state index < -0.39 is 0 Å². The van der Waals surface area contributed by atoms with Crippen LogP contribution in [0.4, 0.5) is 5.69 Å². The Morgan fingerprint density at radius 3 is 2.42 bits per heavy atom. The lowest BCUT2D eigenvalue weighted by atomic mass is 10.1. The molecule has 2 rings (SSSR count). The van der Waals surface area contributed by atoms with Gasteiger partial charge in [-0.3, -0.25) is 0 Å². The van der Waals surface area contributed by atoms with E-state index in [-0.39, 0.29) is 12.6 Å². The van der Waals surface area contributed by atoms with Crippen LogP contribution in [-0.4, -0.2) is 18.8 Å². The molecule has 0 heterocycles. The zero-order valence-corrected chi connectivity index (χ0v) is 11.0. The van der Waals surface area contributed by atoms with Gasteiger partial charge in [0.2, 0.25) is 0 Å². The van der Waals surface area contributed by atoms with Crippen LogP contribution in [0, 0.1) is 0 Å². The molecule has 3 heteroatoms. The number of para-hydroxylation sites is 1. The monoisotopic (exact) mass is 257 g/mol. The molecule has 0 radical (unpaired) electrons. The van der Waals surface area contributed by atoms with Gasteiger partial charge in [0.25, 0.3) is 0 Å². The largest absolute Gasteiger partial charge is 0.392 e. The highest BCUT2D eigenvalue weighted by Gasteiger charge is 2.12. The Hall–Kier alpha value is -1.84. The number of methoxy groups -OCH3 is 1. The lowest BCUT2D eigenvalue weighted by Gasteiger charge is -2.21. The normalized spacial score (nSPS) is 12.1. The van der Waals surface area contributed by atoms with E-state index in [0.717, 1.165) is 16.8 Å². The predicted molar refractivity (Wildman–Crippen MR) is 77.0 cm³/mol. The van der Waals surface area contributed by atoms with Gasteiger partial charge in [-0.2, -0.15) is 0 Å². The maximum Gasteiger partial charge on any atom is 0.0747 e. The van der Waals surface area contributed by atoms with E-state index in [9.17, 15) is 5.11 Å². The van der Waals surface area contributed by atoms with E-state index in [1.807, 2.05) is 42.5 Å². The number of ether oxygens (including phenoxy) is 1. The third kappa shape index (κ3) is 3.56. The van der Waals surface area contributed by atoms with Crippen molar-refractivity contribution in [2.45, 2.75) is 12.6 Å². The Balaban J connectivity index is 2.21. The van der Waals surface area contributed by atoms with E-state index in [2.05, 4.69) is 17.4 Å². The molecule has 0 aliphatic rings. The molecular weight excluding hydrogens is 238 g/mol.